The molecule has 1 atom stereocenters. The number of aliphatic hydroxyl groups is 1. The van der Waals surface area contributed by atoms with Crippen LogP contribution in [0.4, 0.5) is 11.4 Å². The first-order chi connectivity index (χ1) is 7.95. The number of carboxylic acids is 1. The van der Waals surface area contributed by atoms with Crippen LogP contribution >= 0.6 is 0 Å². The first kappa shape index (κ1) is 13.3. The van der Waals surface area contributed by atoms with Crippen molar-refractivity contribution in [3.8, 4) is 0 Å². The van der Waals surface area contributed by atoms with Crippen LogP contribution in [0, 0.1) is 0 Å². The van der Waals surface area contributed by atoms with Crippen LogP contribution < -0.4 is 10.6 Å². The molecule has 4 N–H and O–H groups in total. The summed E-state index contributed by atoms with van der Waals surface area (Å²) in [6.45, 7) is 4.81. The summed E-state index contributed by atoms with van der Waals surface area (Å²) in [5.41, 5.74) is 7.15. The highest BCUT2D eigenvalue weighted by Gasteiger charge is 2.12. The van der Waals surface area contributed by atoms with E-state index in [4.69, 9.17) is 10.8 Å². The second-order valence-corrected chi connectivity index (χ2v) is 3.97. The molecule has 0 radical (unpaired) electrons. The number of aromatic carboxylic acids is 1. The highest BCUT2D eigenvalue weighted by Crippen LogP contribution is 2.24. The zero-order valence-corrected chi connectivity index (χ0v) is 10.1. The Morgan fingerprint density at radius 1 is 1.53 bits per heavy atom. The van der Waals surface area contributed by atoms with Gasteiger partial charge < -0.3 is 20.8 Å². The van der Waals surface area contributed by atoms with E-state index < -0.39 is 12.1 Å². The minimum Gasteiger partial charge on any atom is -0.478 e. The number of carbonyl (C=O) groups is 1. The average Bonchev–Trinajstić information content (AvgIpc) is 2.25. The number of likely N-dealkylation sites (N-methyl/N-ethyl adjacent to an activating group) is 1. The third-order valence-electron chi connectivity index (χ3n) is 2.48. The van der Waals surface area contributed by atoms with Crippen molar-refractivity contribution >= 4 is 17.3 Å². The van der Waals surface area contributed by atoms with Crippen molar-refractivity contribution in [3.63, 3.8) is 0 Å². The molecule has 5 heteroatoms. The molecule has 0 bridgehead atoms. The molecule has 1 rings (SSSR count). The monoisotopic (exact) mass is 238 g/mol. The third-order valence-corrected chi connectivity index (χ3v) is 2.48. The Hall–Kier alpha value is -1.75. The first-order valence-electron chi connectivity index (χ1n) is 5.51. The molecule has 1 aromatic carbocycles. The van der Waals surface area contributed by atoms with Gasteiger partial charge in [-0.25, -0.2) is 4.79 Å². The van der Waals surface area contributed by atoms with Gasteiger partial charge in [0.05, 0.1) is 23.0 Å². The summed E-state index contributed by atoms with van der Waals surface area (Å²) in [4.78, 5) is 12.7. The predicted molar refractivity (Wildman–Crippen MR) is 67.4 cm³/mol. The highest BCUT2D eigenvalue weighted by atomic mass is 16.4. The summed E-state index contributed by atoms with van der Waals surface area (Å²) in [7, 11) is 0. The molecule has 0 saturated carbocycles. The van der Waals surface area contributed by atoms with Crippen molar-refractivity contribution in [2.75, 3.05) is 23.7 Å². The molecule has 1 aromatic rings. The molecule has 94 valence electrons. The van der Waals surface area contributed by atoms with Gasteiger partial charge in [0.1, 0.15) is 0 Å². The minimum atomic E-state index is -0.998. The van der Waals surface area contributed by atoms with Crippen LogP contribution in [0.2, 0.25) is 0 Å². The second kappa shape index (κ2) is 5.54. The number of rotatable bonds is 5. The van der Waals surface area contributed by atoms with E-state index in [1.807, 2.05) is 11.8 Å². The van der Waals surface area contributed by atoms with Gasteiger partial charge in [-0.05, 0) is 32.0 Å². The number of nitrogens with zero attached hydrogens (tertiary/aromatic N) is 1. The van der Waals surface area contributed by atoms with Gasteiger partial charge in [-0.3, -0.25) is 0 Å². The van der Waals surface area contributed by atoms with Gasteiger partial charge in [0, 0.05) is 13.1 Å². The zero-order valence-electron chi connectivity index (χ0n) is 10.1. The summed E-state index contributed by atoms with van der Waals surface area (Å²) >= 11 is 0. The maximum absolute atomic E-state index is 10.8. The lowest BCUT2D eigenvalue weighted by molar-refractivity contribution is 0.0697. The van der Waals surface area contributed by atoms with Gasteiger partial charge in [-0.1, -0.05) is 0 Å². The van der Waals surface area contributed by atoms with Crippen LogP contribution in [-0.2, 0) is 0 Å². The van der Waals surface area contributed by atoms with Crippen LogP contribution in [-0.4, -0.2) is 35.4 Å². The number of carboxylic acid groups (broad SMARTS) is 1. The molecular formula is C12H18N2O3. The minimum absolute atomic E-state index is 0.166. The molecular weight excluding hydrogens is 220 g/mol. The number of hydrogen-bond acceptors (Lipinski definition) is 4. The van der Waals surface area contributed by atoms with Crippen molar-refractivity contribution < 1.29 is 15.0 Å². The SMILES string of the molecule is CCN(CC(C)O)c1ccc(C(=O)O)cc1N. The number of benzene rings is 1. The molecule has 0 saturated heterocycles. The van der Waals surface area contributed by atoms with Crippen molar-refractivity contribution in [1.82, 2.24) is 0 Å². The van der Waals surface area contributed by atoms with E-state index in [1.54, 1.807) is 13.0 Å². The van der Waals surface area contributed by atoms with Gasteiger partial charge in [-0.15, -0.1) is 0 Å². The Morgan fingerprint density at radius 3 is 2.59 bits per heavy atom. The molecule has 1 unspecified atom stereocenters. The fourth-order valence-corrected chi connectivity index (χ4v) is 1.69. The Labute approximate surface area is 100 Å². The molecule has 0 aromatic heterocycles. The lowest BCUT2D eigenvalue weighted by Crippen LogP contribution is -2.31. The fraction of sp³-hybridized carbons (Fsp3) is 0.417. The largest absolute Gasteiger partial charge is 0.478 e. The van der Waals surface area contributed by atoms with Crippen LogP contribution in [0.15, 0.2) is 18.2 Å². The van der Waals surface area contributed by atoms with Gasteiger partial charge in [-0.2, -0.15) is 0 Å². The summed E-state index contributed by atoms with van der Waals surface area (Å²) in [6, 6.07) is 4.62. The van der Waals surface area contributed by atoms with Gasteiger partial charge in [0.15, 0.2) is 0 Å². The van der Waals surface area contributed by atoms with E-state index in [0.29, 0.717) is 18.8 Å². The van der Waals surface area contributed by atoms with E-state index >= 15 is 0 Å². The first-order valence-corrected chi connectivity index (χ1v) is 5.51. The Bertz CT molecular complexity index is 405. The molecule has 0 aliphatic rings. The average molecular weight is 238 g/mol. The van der Waals surface area contributed by atoms with E-state index in [0.717, 1.165) is 5.69 Å². The summed E-state index contributed by atoms with van der Waals surface area (Å²) < 4.78 is 0. The van der Waals surface area contributed by atoms with Crippen molar-refractivity contribution in [1.29, 1.82) is 0 Å². The topological polar surface area (TPSA) is 86.8 Å². The summed E-state index contributed by atoms with van der Waals surface area (Å²) in [6.07, 6.45) is -0.464. The van der Waals surface area contributed by atoms with Crippen molar-refractivity contribution in [2.24, 2.45) is 0 Å². The summed E-state index contributed by atoms with van der Waals surface area (Å²) in [5, 5.41) is 18.2. The van der Waals surface area contributed by atoms with Crippen molar-refractivity contribution in [3.05, 3.63) is 23.8 Å². The maximum Gasteiger partial charge on any atom is 0.335 e. The highest BCUT2D eigenvalue weighted by molar-refractivity contribution is 5.90. The summed E-state index contributed by atoms with van der Waals surface area (Å²) in [5.74, 6) is -0.998. The van der Waals surface area contributed by atoms with Crippen molar-refractivity contribution in [2.45, 2.75) is 20.0 Å². The normalized spacial score (nSPS) is 12.2. The number of anilines is 2. The molecule has 5 nitrogen and oxygen atoms in total. The number of nitrogens with two attached hydrogens (primary N) is 1. The molecule has 0 heterocycles. The zero-order chi connectivity index (χ0) is 13.0. The van der Waals surface area contributed by atoms with Gasteiger partial charge in [0.2, 0.25) is 0 Å². The van der Waals surface area contributed by atoms with Crippen LogP contribution in [0.1, 0.15) is 24.2 Å². The molecule has 17 heavy (non-hydrogen) atoms. The molecule has 0 amide bonds. The van der Waals surface area contributed by atoms with Crippen LogP contribution in [0.25, 0.3) is 0 Å². The lowest BCUT2D eigenvalue weighted by atomic mass is 10.1. The smallest absolute Gasteiger partial charge is 0.335 e. The molecule has 0 aliphatic heterocycles. The van der Waals surface area contributed by atoms with Gasteiger partial charge in [0.25, 0.3) is 0 Å². The number of nitrogen functional groups attached to an aromatic ring is 1. The van der Waals surface area contributed by atoms with Crippen LogP contribution in [0.5, 0.6) is 0 Å². The second-order valence-electron chi connectivity index (χ2n) is 3.97. The number of aliphatic hydroxyl groups excluding tert-OH is 1. The third kappa shape index (κ3) is 3.35. The standard InChI is InChI=1S/C12H18N2O3/c1-3-14(7-8(2)15)11-5-4-9(12(16)17)6-10(11)13/h4-6,8,15H,3,7,13H2,1-2H3,(H,16,17). The van der Waals surface area contributed by atoms with Crippen LogP contribution in [0.3, 0.4) is 0 Å². The Kier molecular flexibility index (Phi) is 4.34. The van der Waals surface area contributed by atoms with E-state index in [1.165, 1.54) is 12.1 Å². The number of hydrogen-bond donors (Lipinski definition) is 3. The quantitative estimate of drug-likeness (QED) is 0.670. The lowest BCUT2D eigenvalue weighted by Gasteiger charge is -2.26. The van der Waals surface area contributed by atoms with Gasteiger partial charge >= 0.3 is 5.97 Å². The van der Waals surface area contributed by atoms with E-state index in [-0.39, 0.29) is 5.56 Å². The maximum atomic E-state index is 10.8. The van der Waals surface area contributed by atoms with E-state index in [9.17, 15) is 9.90 Å². The Morgan fingerprint density at radius 2 is 2.18 bits per heavy atom. The molecule has 0 spiro atoms. The molecule has 0 fully saturated rings. The van der Waals surface area contributed by atoms with E-state index in [2.05, 4.69) is 0 Å². The molecule has 0 aliphatic carbocycles. The Balaban J connectivity index is 3.00. The fourth-order valence-electron chi connectivity index (χ4n) is 1.69. The predicted octanol–water partition coefficient (Wildman–Crippen LogP) is 1.17.